The number of benzene rings is 2. The molecule has 0 radical (unpaired) electrons. The van der Waals surface area contributed by atoms with Crippen LogP contribution in [0.2, 0.25) is 0 Å². The Balaban J connectivity index is 1.97. The highest BCUT2D eigenvalue weighted by Crippen LogP contribution is 2.13. The first-order valence-corrected chi connectivity index (χ1v) is 5.08. The maximum Gasteiger partial charge on any atom is 0.123 e. The zero-order valence-corrected chi connectivity index (χ0v) is 8.97. The SMILES string of the molecule is Oc1ccc(NN=Cc2ccc(F)cc2)cc1. The second-order valence-corrected chi connectivity index (χ2v) is 3.47. The third-order valence-electron chi connectivity index (χ3n) is 2.14. The maximum absolute atomic E-state index is 12.6. The number of phenols is 1. The van der Waals surface area contributed by atoms with Gasteiger partial charge in [0.05, 0.1) is 11.9 Å². The lowest BCUT2D eigenvalue weighted by molar-refractivity contribution is 0.475. The summed E-state index contributed by atoms with van der Waals surface area (Å²) in [5, 5.41) is 13.1. The van der Waals surface area contributed by atoms with Gasteiger partial charge in [-0.2, -0.15) is 5.10 Å². The molecule has 0 saturated heterocycles. The van der Waals surface area contributed by atoms with Gasteiger partial charge < -0.3 is 5.11 Å². The Bertz CT molecular complexity index is 506. The Morgan fingerprint density at radius 1 is 1.00 bits per heavy atom. The highest BCUT2D eigenvalue weighted by atomic mass is 19.1. The summed E-state index contributed by atoms with van der Waals surface area (Å²) in [6, 6.07) is 12.6. The van der Waals surface area contributed by atoms with Crippen molar-refractivity contribution >= 4 is 11.9 Å². The van der Waals surface area contributed by atoms with E-state index in [2.05, 4.69) is 10.5 Å². The molecule has 3 nitrogen and oxygen atoms in total. The van der Waals surface area contributed by atoms with Gasteiger partial charge in [-0.15, -0.1) is 0 Å². The van der Waals surface area contributed by atoms with Gasteiger partial charge in [-0.3, -0.25) is 5.43 Å². The van der Waals surface area contributed by atoms with Gasteiger partial charge in [-0.25, -0.2) is 4.39 Å². The Morgan fingerprint density at radius 3 is 2.29 bits per heavy atom. The monoisotopic (exact) mass is 230 g/mol. The van der Waals surface area contributed by atoms with E-state index < -0.39 is 0 Å². The van der Waals surface area contributed by atoms with Crippen LogP contribution in [0, 0.1) is 5.82 Å². The fourth-order valence-corrected chi connectivity index (χ4v) is 1.27. The minimum atomic E-state index is -0.270. The van der Waals surface area contributed by atoms with Crippen LogP contribution >= 0.6 is 0 Å². The van der Waals surface area contributed by atoms with Crippen molar-refractivity contribution in [2.75, 3.05) is 5.43 Å². The van der Waals surface area contributed by atoms with Crippen LogP contribution in [0.1, 0.15) is 5.56 Å². The van der Waals surface area contributed by atoms with Crippen LogP contribution in [0.25, 0.3) is 0 Å². The number of rotatable bonds is 3. The maximum atomic E-state index is 12.6. The summed E-state index contributed by atoms with van der Waals surface area (Å²) in [7, 11) is 0. The summed E-state index contributed by atoms with van der Waals surface area (Å²) < 4.78 is 12.6. The van der Waals surface area contributed by atoms with Gasteiger partial charge in [-0.1, -0.05) is 12.1 Å². The molecule has 0 saturated carbocycles. The molecule has 0 aromatic heterocycles. The molecule has 0 amide bonds. The molecule has 4 heteroatoms. The second kappa shape index (κ2) is 5.12. The summed E-state index contributed by atoms with van der Waals surface area (Å²) in [4.78, 5) is 0. The standard InChI is InChI=1S/C13H11FN2O/c14-11-3-1-10(2-4-11)9-15-16-12-5-7-13(17)8-6-12/h1-9,16-17H. The van der Waals surface area contributed by atoms with E-state index in [1.165, 1.54) is 12.1 Å². The van der Waals surface area contributed by atoms with Crippen LogP contribution in [-0.4, -0.2) is 11.3 Å². The Labute approximate surface area is 98.2 Å². The summed E-state index contributed by atoms with van der Waals surface area (Å²) in [5.74, 6) is -0.0632. The summed E-state index contributed by atoms with van der Waals surface area (Å²) in [5.41, 5.74) is 4.37. The van der Waals surface area contributed by atoms with Crippen LogP contribution < -0.4 is 5.43 Å². The van der Waals surface area contributed by atoms with Gasteiger partial charge >= 0.3 is 0 Å². The van der Waals surface area contributed by atoms with Gasteiger partial charge in [0.2, 0.25) is 0 Å². The van der Waals surface area contributed by atoms with Crippen molar-refractivity contribution in [3.05, 3.63) is 59.9 Å². The predicted octanol–water partition coefficient (Wildman–Crippen LogP) is 2.98. The van der Waals surface area contributed by atoms with E-state index in [4.69, 9.17) is 5.11 Å². The minimum absolute atomic E-state index is 0.207. The number of nitrogens with one attached hydrogen (secondary N) is 1. The molecular formula is C13H11FN2O. The number of phenolic OH excluding ortho intramolecular Hbond substituents is 1. The lowest BCUT2D eigenvalue weighted by atomic mass is 10.2. The molecule has 0 heterocycles. The molecule has 0 fully saturated rings. The van der Waals surface area contributed by atoms with Crippen molar-refractivity contribution < 1.29 is 9.50 Å². The molecule has 17 heavy (non-hydrogen) atoms. The lowest BCUT2D eigenvalue weighted by Crippen LogP contribution is -1.90. The molecule has 86 valence electrons. The second-order valence-electron chi connectivity index (χ2n) is 3.47. The molecule has 0 aliphatic carbocycles. The number of anilines is 1. The van der Waals surface area contributed by atoms with Crippen LogP contribution in [0.4, 0.5) is 10.1 Å². The van der Waals surface area contributed by atoms with E-state index in [1.807, 2.05) is 0 Å². The fourth-order valence-electron chi connectivity index (χ4n) is 1.27. The van der Waals surface area contributed by atoms with Crippen molar-refractivity contribution in [3.8, 4) is 5.75 Å². The van der Waals surface area contributed by atoms with Crippen molar-refractivity contribution in [3.63, 3.8) is 0 Å². The molecule has 2 aromatic carbocycles. The van der Waals surface area contributed by atoms with E-state index in [0.29, 0.717) is 0 Å². The zero-order valence-electron chi connectivity index (χ0n) is 8.97. The average molecular weight is 230 g/mol. The number of hydrogen-bond acceptors (Lipinski definition) is 3. The van der Waals surface area contributed by atoms with E-state index in [1.54, 1.807) is 42.6 Å². The van der Waals surface area contributed by atoms with E-state index in [-0.39, 0.29) is 11.6 Å². The number of halogens is 1. The highest BCUT2D eigenvalue weighted by molar-refractivity contribution is 5.80. The Hall–Kier alpha value is -2.36. The van der Waals surface area contributed by atoms with Crippen LogP contribution in [-0.2, 0) is 0 Å². The minimum Gasteiger partial charge on any atom is -0.508 e. The number of nitrogens with zero attached hydrogens (tertiary/aromatic N) is 1. The molecule has 0 aliphatic rings. The summed E-state index contributed by atoms with van der Waals surface area (Å²) in [6.45, 7) is 0. The van der Waals surface area contributed by atoms with Crippen LogP contribution in [0.3, 0.4) is 0 Å². The lowest BCUT2D eigenvalue weighted by Gasteiger charge is -1.99. The number of aromatic hydroxyl groups is 1. The van der Waals surface area contributed by atoms with Gasteiger partial charge in [0.25, 0.3) is 0 Å². The summed E-state index contributed by atoms with van der Waals surface area (Å²) >= 11 is 0. The average Bonchev–Trinajstić information content (AvgIpc) is 2.34. The Kier molecular flexibility index (Phi) is 3.35. The van der Waals surface area contributed by atoms with E-state index >= 15 is 0 Å². The molecule has 0 spiro atoms. The molecule has 0 atom stereocenters. The van der Waals surface area contributed by atoms with E-state index in [0.717, 1.165) is 11.3 Å². The molecule has 0 unspecified atom stereocenters. The molecule has 2 aromatic rings. The Morgan fingerprint density at radius 2 is 1.65 bits per heavy atom. The first-order valence-electron chi connectivity index (χ1n) is 5.08. The predicted molar refractivity (Wildman–Crippen MR) is 65.7 cm³/mol. The van der Waals surface area contributed by atoms with Crippen LogP contribution in [0.15, 0.2) is 53.6 Å². The third kappa shape index (κ3) is 3.31. The molecule has 0 bridgehead atoms. The highest BCUT2D eigenvalue weighted by Gasteiger charge is 1.91. The van der Waals surface area contributed by atoms with Gasteiger partial charge in [0.15, 0.2) is 0 Å². The fraction of sp³-hybridized carbons (Fsp3) is 0. The van der Waals surface area contributed by atoms with Crippen molar-refractivity contribution in [2.24, 2.45) is 5.10 Å². The molecular weight excluding hydrogens is 219 g/mol. The first-order chi connectivity index (χ1) is 8.24. The first kappa shape index (κ1) is 11.1. The largest absolute Gasteiger partial charge is 0.508 e. The van der Waals surface area contributed by atoms with Gasteiger partial charge in [-0.05, 0) is 42.0 Å². The van der Waals surface area contributed by atoms with Crippen molar-refractivity contribution in [1.82, 2.24) is 0 Å². The summed E-state index contributed by atoms with van der Waals surface area (Å²) in [6.07, 6.45) is 1.59. The molecule has 2 rings (SSSR count). The van der Waals surface area contributed by atoms with Crippen molar-refractivity contribution in [2.45, 2.75) is 0 Å². The quantitative estimate of drug-likeness (QED) is 0.483. The van der Waals surface area contributed by atoms with Crippen molar-refractivity contribution in [1.29, 1.82) is 0 Å². The zero-order chi connectivity index (χ0) is 12.1. The number of hydrazone groups is 1. The normalized spacial score (nSPS) is 10.6. The molecule has 2 N–H and O–H groups in total. The van der Waals surface area contributed by atoms with E-state index in [9.17, 15) is 4.39 Å². The smallest absolute Gasteiger partial charge is 0.123 e. The van der Waals surface area contributed by atoms with Gasteiger partial charge in [0, 0.05) is 0 Å². The van der Waals surface area contributed by atoms with Crippen LogP contribution in [0.5, 0.6) is 5.75 Å². The number of hydrogen-bond donors (Lipinski definition) is 2. The topological polar surface area (TPSA) is 44.6 Å². The third-order valence-corrected chi connectivity index (χ3v) is 2.14. The van der Waals surface area contributed by atoms with Gasteiger partial charge in [0.1, 0.15) is 11.6 Å². The molecule has 0 aliphatic heterocycles.